The Morgan fingerprint density at radius 1 is 1.03 bits per heavy atom. The lowest BCUT2D eigenvalue weighted by atomic mass is 10.2. The van der Waals surface area contributed by atoms with E-state index in [1.54, 1.807) is 0 Å². The number of hydrogen-bond donors (Lipinski definition) is 2. The van der Waals surface area contributed by atoms with Gasteiger partial charge in [0, 0.05) is 11.9 Å². The summed E-state index contributed by atoms with van der Waals surface area (Å²) in [6, 6.07) is 12.1. The minimum atomic E-state index is -4.55. The highest BCUT2D eigenvalue weighted by molar-refractivity contribution is 7.89. The van der Waals surface area contributed by atoms with E-state index < -0.39 is 27.7 Å². The average Bonchev–Trinajstić information content (AvgIpc) is 2.67. The molecule has 3 aromatic rings. The van der Waals surface area contributed by atoms with Crippen molar-refractivity contribution in [1.29, 1.82) is 0 Å². The lowest BCUT2D eigenvalue weighted by Gasteiger charge is -2.12. The van der Waals surface area contributed by atoms with Gasteiger partial charge in [-0.05, 0) is 54.6 Å². The number of sulfonamides is 1. The van der Waals surface area contributed by atoms with Gasteiger partial charge in [0.2, 0.25) is 15.9 Å². The Hall–Kier alpha value is -3.44. The highest BCUT2D eigenvalue weighted by Crippen LogP contribution is 2.33. The normalized spacial score (nSPS) is 11.7. The van der Waals surface area contributed by atoms with Crippen LogP contribution in [0.2, 0.25) is 0 Å². The van der Waals surface area contributed by atoms with Crippen molar-refractivity contribution in [3.05, 3.63) is 78.0 Å². The van der Waals surface area contributed by atoms with E-state index >= 15 is 0 Å². The number of aromatic nitrogens is 1. The number of primary sulfonamides is 1. The van der Waals surface area contributed by atoms with E-state index in [-0.39, 0.29) is 27.8 Å². The summed E-state index contributed by atoms with van der Waals surface area (Å²) < 4.78 is 66.6. The molecule has 11 heteroatoms. The van der Waals surface area contributed by atoms with Crippen LogP contribution >= 0.6 is 0 Å². The third-order valence-corrected chi connectivity index (χ3v) is 4.76. The van der Waals surface area contributed by atoms with E-state index in [4.69, 9.17) is 9.88 Å². The van der Waals surface area contributed by atoms with Crippen molar-refractivity contribution in [1.82, 2.24) is 4.98 Å². The summed E-state index contributed by atoms with van der Waals surface area (Å²) in [5.41, 5.74) is -0.677. The molecule has 3 rings (SSSR count). The zero-order chi connectivity index (χ0) is 21.9. The first kappa shape index (κ1) is 21.3. The van der Waals surface area contributed by atoms with Gasteiger partial charge in [0.05, 0.1) is 10.5 Å². The number of halogens is 3. The van der Waals surface area contributed by atoms with Crippen molar-refractivity contribution in [3.8, 4) is 11.6 Å². The van der Waals surface area contributed by atoms with Gasteiger partial charge in [0.1, 0.15) is 11.3 Å². The van der Waals surface area contributed by atoms with Crippen molar-refractivity contribution < 1.29 is 31.1 Å². The van der Waals surface area contributed by atoms with E-state index in [1.165, 1.54) is 54.7 Å². The summed E-state index contributed by atoms with van der Waals surface area (Å²) in [6.45, 7) is 0. The molecule has 0 saturated carbocycles. The quantitative estimate of drug-likeness (QED) is 0.631. The third kappa shape index (κ3) is 5.13. The minimum Gasteiger partial charge on any atom is -0.438 e. The Balaban J connectivity index is 1.82. The largest absolute Gasteiger partial charge is 0.438 e. The molecule has 30 heavy (non-hydrogen) atoms. The minimum absolute atomic E-state index is 0.0366. The molecule has 1 heterocycles. The van der Waals surface area contributed by atoms with Crippen LogP contribution in [0, 0.1) is 0 Å². The smallest absolute Gasteiger partial charge is 0.416 e. The van der Waals surface area contributed by atoms with Crippen molar-refractivity contribution in [2.45, 2.75) is 11.1 Å². The van der Waals surface area contributed by atoms with Gasteiger partial charge in [-0.1, -0.05) is 6.07 Å². The summed E-state index contributed by atoms with van der Waals surface area (Å²) in [7, 11) is -3.88. The van der Waals surface area contributed by atoms with E-state index in [2.05, 4.69) is 10.3 Å². The number of anilines is 1. The third-order valence-electron chi connectivity index (χ3n) is 3.83. The van der Waals surface area contributed by atoms with Crippen molar-refractivity contribution in [2.75, 3.05) is 5.32 Å². The Morgan fingerprint density at radius 2 is 1.73 bits per heavy atom. The van der Waals surface area contributed by atoms with Crippen LogP contribution in [0.1, 0.15) is 15.9 Å². The molecule has 0 unspecified atom stereocenters. The van der Waals surface area contributed by atoms with Crippen molar-refractivity contribution in [3.63, 3.8) is 0 Å². The lowest BCUT2D eigenvalue weighted by Crippen LogP contribution is -2.15. The number of nitrogens with zero attached hydrogens (tertiary/aromatic N) is 1. The van der Waals surface area contributed by atoms with Gasteiger partial charge in [0.25, 0.3) is 5.91 Å². The molecule has 0 aliphatic carbocycles. The molecular formula is C19H14F3N3O4S. The number of alkyl halides is 3. The second-order valence-electron chi connectivity index (χ2n) is 6.01. The van der Waals surface area contributed by atoms with Crippen LogP contribution in [0.4, 0.5) is 18.9 Å². The molecule has 156 valence electrons. The van der Waals surface area contributed by atoms with Crippen LogP contribution < -0.4 is 15.2 Å². The number of benzene rings is 2. The fourth-order valence-electron chi connectivity index (χ4n) is 2.42. The highest BCUT2D eigenvalue weighted by Gasteiger charge is 2.30. The molecule has 0 aliphatic heterocycles. The van der Waals surface area contributed by atoms with Crippen molar-refractivity contribution >= 4 is 21.6 Å². The van der Waals surface area contributed by atoms with Crippen LogP contribution in [0.3, 0.4) is 0 Å². The number of nitrogens with two attached hydrogens (primary N) is 1. The van der Waals surface area contributed by atoms with Gasteiger partial charge in [-0.2, -0.15) is 13.2 Å². The predicted octanol–water partition coefficient (Wildman–Crippen LogP) is 3.79. The number of carbonyl (C=O) groups excluding carboxylic acids is 1. The number of pyridine rings is 1. The van der Waals surface area contributed by atoms with E-state index in [1.807, 2.05) is 0 Å². The van der Waals surface area contributed by atoms with Crippen molar-refractivity contribution in [2.24, 2.45) is 5.14 Å². The first-order valence-corrected chi connectivity index (χ1v) is 9.83. The maximum atomic E-state index is 12.9. The number of carbonyl (C=O) groups is 1. The number of hydrogen-bond acceptors (Lipinski definition) is 5. The van der Waals surface area contributed by atoms with Gasteiger partial charge in [-0.15, -0.1) is 0 Å². The maximum Gasteiger partial charge on any atom is 0.416 e. The molecular weight excluding hydrogens is 423 g/mol. The number of ether oxygens (including phenoxy) is 1. The number of rotatable bonds is 5. The first-order chi connectivity index (χ1) is 14.0. The summed E-state index contributed by atoms with van der Waals surface area (Å²) in [6.07, 6.45) is -3.23. The SMILES string of the molecule is NS(=O)(=O)c1ccc(NC(=O)c2cccnc2Oc2cccc(C(F)(F)F)c2)cc1. The van der Waals surface area contributed by atoms with E-state index in [9.17, 15) is 26.4 Å². The monoisotopic (exact) mass is 437 g/mol. The molecule has 0 radical (unpaired) electrons. The molecule has 0 aliphatic rings. The Morgan fingerprint density at radius 3 is 2.37 bits per heavy atom. The zero-order valence-corrected chi connectivity index (χ0v) is 15.9. The van der Waals surface area contributed by atoms with Crippen LogP contribution in [-0.2, 0) is 16.2 Å². The highest BCUT2D eigenvalue weighted by atomic mass is 32.2. The molecule has 7 nitrogen and oxygen atoms in total. The van der Waals surface area contributed by atoms with Gasteiger partial charge in [-0.25, -0.2) is 18.5 Å². The molecule has 0 spiro atoms. The van der Waals surface area contributed by atoms with E-state index in [0.717, 1.165) is 12.1 Å². The fraction of sp³-hybridized carbons (Fsp3) is 0.0526. The molecule has 1 aromatic heterocycles. The van der Waals surface area contributed by atoms with Gasteiger partial charge >= 0.3 is 6.18 Å². The second kappa shape index (κ2) is 8.13. The topological polar surface area (TPSA) is 111 Å². The van der Waals surface area contributed by atoms with Gasteiger partial charge < -0.3 is 10.1 Å². The van der Waals surface area contributed by atoms with Gasteiger partial charge in [0.15, 0.2) is 0 Å². The first-order valence-electron chi connectivity index (χ1n) is 8.28. The Kier molecular flexibility index (Phi) is 5.76. The molecule has 3 N–H and O–H groups in total. The molecule has 2 aromatic carbocycles. The molecule has 0 bridgehead atoms. The predicted molar refractivity (Wildman–Crippen MR) is 102 cm³/mol. The number of nitrogens with one attached hydrogen (secondary N) is 1. The molecule has 0 saturated heterocycles. The molecule has 1 amide bonds. The number of amides is 1. The molecule has 0 atom stereocenters. The Labute approximate surface area is 169 Å². The summed E-state index contributed by atoms with van der Waals surface area (Å²) in [5, 5.41) is 7.54. The van der Waals surface area contributed by atoms with Crippen LogP contribution in [0.15, 0.2) is 71.8 Å². The Bertz CT molecular complexity index is 1180. The second-order valence-corrected chi connectivity index (χ2v) is 7.57. The maximum absolute atomic E-state index is 12.9. The summed E-state index contributed by atoms with van der Waals surface area (Å²) in [5.74, 6) is -1.00. The van der Waals surface area contributed by atoms with Gasteiger partial charge in [-0.3, -0.25) is 4.79 Å². The van der Waals surface area contributed by atoms with Crippen LogP contribution in [-0.4, -0.2) is 19.3 Å². The zero-order valence-electron chi connectivity index (χ0n) is 15.1. The lowest BCUT2D eigenvalue weighted by molar-refractivity contribution is -0.137. The fourth-order valence-corrected chi connectivity index (χ4v) is 2.93. The van der Waals surface area contributed by atoms with E-state index in [0.29, 0.717) is 0 Å². The van der Waals surface area contributed by atoms with Crippen LogP contribution in [0.5, 0.6) is 11.6 Å². The summed E-state index contributed by atoms with van der Waals surface area (Å²) in [4.78, 5) is 16.4. The summed E-state index contributed by atoms with van der Waals surface area (Å²) >= 11 is 0. The standard InChI is InChI=1S/C19H14F3N3O4S/c20-19(21,22)12-3-1-4-14(11-12)29-18-16(5-2-10-24-18)17(26)25-13-6-8-15(9-7-13)30(23,27)28/h1-11H,(H,25,26)(H2,23,27,28). The average molecular weight is 437 g/mol. The van der Waals surface area contributed by atoms with Crippen LogP contribution in [0.25, 0.3) is 0 Å². The molecule has 0 fully saturated rings.